The van der Waals surface area contributed by atoms with E-state index in [1.807, 2.05) is 19.1 Å². The monoisotopic (exact) mass is 113 g/mol. The summed E-state index contributed by atoms with van der Waals surface area (Å²) in [4.78, 5) is 0. The zero-order valence-corrected chi connectivity index (χ0v) is 4.89. The summed E-state index contributed by atoms with van der Waals surface area (Å²) in [6.07, 6.45) is 4.12. The highest BCUT2D eigenvalue weighted by atomic mass is 15.5. The van der Waals surface area contributed by atoms with E-state index in [0.29, 0.717) is 6.04 Å². The molecule has 0 spiro atoms. The molecule has 0 amide bonds. The van der Waals surface area contributed by atoms with E-state index in [9.17, 15) is 0 Å². The minimum atomic E-state index is 0.103. The Kier molecular flexibility index (Phi) is 1.62. The Labute approximate surface area is 48.9 Å². The maximum atomic E-state index is 5.48. The normalized spacial score (nSPS) is 37.8. The smallest absolute Gasteiger partial charge is 0.0884 e. The van der Waals surface area contributed by atoms with Crippen LogP contribution in [-0.2, 0) is 0 Å². The van der Waals surface area contributed by atoms with Gasteiger partial charge in [0.05, 0.1) is 12.2 Å². The Morgan fingerprint density at radius 2 is 2.25 bits per heavy atom. The van der Waals surface area contributed by atoms with Gasteiger partial charge in [0.25, 0.3) is 0 Å². The van der Waals surface area contributed by atoms with Gasteiger partial charge in [0, 0.05) is 0 Å². The molecule has 0 aromatic heterocycles. The molecular weight excluding hydrogens is 102 g/mol. The van der Waals surface area contributed by atoms with Crippen molar-refractivity contribution in [1.29, 1.82) is 0 Å². The maximum absolute atomic E-state index is 5.48. The first-order valence-corrected chi connectivity index (χ1v) is 2.74. The summed E-state index contributed by atoms with van der Waals surface area (Å²) in [7, 11) is 0. The molecule has 46 valence electrons. The van der Waals surface area contributed by atoms with E-state index in [4.69, 9.17) is 5.73 Å². The van der Waals surface area contributed by atoms with Crippen molar-refractivity contribution in [3.05, 3.63) is 12.2 Å². The van der Waals surface area contributed by atoms with Gasteiger partial charge in [0.2, 0.25) is 0 Å². The lowest BCUT2D eigenvalue weighted by Crippen LogP contribution is -2.70. The van der Waals surface area contributed by atoms with E-state index in [-0.39, 0.29) is 6.17 Å². The van der Waals surface area contributed by atoms with Crippen LogP contribution in [0.15, 0.2) is 12.2 Å². The van der Waals surface area contributed by atoms with Crippen LogP contribution in [0, 0.1) is 0 Å². The average molecular weight is 113 g/mol. The van der Waals surface area contributed by atoms with Crippen molar-refractivity contribution < 1.29 is 0 Å². The van der Waals surface area contributed by atoms with Crippen molar-refractivity contribution in [2.75, 3.05) is 0 Å². The quantitative estimate of drug-likeness (QED) is 0.395. The fourth-order valence-corrected chi connectivity index (χ4v) is 0.651. The fraction of sp³-hybridized carbons (Fsp3) is 0.600. The molecule has 1 unspecified atom stereocenters. The van der Waals surface area contributed by atoms with Crippen molar-refractivity contribution in [1.82, 2.24) is 10.9 Å². The minimum absolute atomic E-state index is 0.103. The molecule has 0 aliphatic carbocycles. The molecule has 0 radical (unpaired) electrons. The second-order valence-electron chi connectivity index (χ2n) is 1.87. The van der Waals surface area contributed by atoms with Gasteiger partial charge in [-0.1, -0.05) is 12.2 Å². The lowest BCUT2D eigenvalue weighted by molar-refractivity contribution is 0.245. The lowest BCUT2D eigenvalue weighted by atomic mass is 10.2. The average Bonchev–Trinajstić information content (AvgIpc) is 1.79. The van der Waals surface area contributed by atoms with Gasteiger partial charge >= 0.3 is 0 Å². The van der Waals surface area contributed by atoms with Crippen molar-refractivity contribution in [2.24, 2.45) is 5.73 Å². The minimum Gasteiger partial charge on any atom is -0.313 e. The Bertz CT molecular complexity index is 99.8. The van der Waals surface area contributed by atoms with Gasteiger partial charge in [-0.25, -0.2) is 10.9 Å². The highest BCUT2D eigenvalue weighted by Gasteiger charge is 2.22. The van der Waals surface area contributed by atoms with Crippen molar-refractivity contribution >= 4 is 0 Å². The summed E-state index contributed by atoms with van der Waals surface area (Å²) in [5.74, 6) is 0. The van der Waals surface area contributed by atoms with E-state index in [2.05, 4.69) is 10.9 Å². The molecule has 1 saturated heterocycles. The van der Waals surface area contributed by atoms with E-state index in [1.54, 1.807) is 0 Å². The molecule has 1 aliphatic rings. The molecule has 0 saturated carbocycles. The Hall–Kier alpha value is -0.380. The second-order valence-corrected chi connectivity index (χ2v) is 1.87. The molecule has 1 rings (SSSR count). The number of hydrogen-bond donors (Lipinski definition) is 3. The van der Waals surface area contributed by atoms with Crippen LogP contribution in [0.5, 0.6) is 0 Å². The summed E-state index contributed by atoms with van der Waals surface area (Å²) in [5, 5.41) is 0. The largest absolute Gasteiger partial charge is 0.313 e. The lowest BCUT2D eigenvalue weighted by Gasteiger charge is -2.33. The number of hydrazine groups is 1. The van der Waals surface area contributed by atoms with Crippen LogP contribution in [0.25, 0.3) is 0 Å². The molecule has 1 fully saturated rings. The van der Waals surface area contributed by atoms with Gasteiger partial charge in [-0.15, -0.1) is 0 Å². The molecule has 0 bridgehead atoms. The molecule has 3 nitrogen and oxygen atoms in total. The first-order valence-electron chi connectivity index (χ1n) is 2.74. The molecule has 0 aromatic carbocycles. The molecule has 2 atom stereocenters. The third-order valence-corrected chi connectivity index (χ3v) is 1.20. The second kappa shape index (κ2) is 2.26. The van der Waals surface area contributed by atoms with Crippen molar-refractivity contribution in [3.8, 4) is 0 Å². The summed E-state index contributed by atoms with van der Waals surface area (Å²) in [6, 6.07) is 0.333. The summed E-state index contributed by atoms with van der Waals surface area (Å²) in [5.41, 5.74) is 11.2. The van der Waals surface area contributed by atoms with Gasteiger partial charge in [0.15, 0.2) is 0 Å². The van der Waals surface area contributed by atoms with E-state index < -0.39 is 0 Å². The Morgan fingerprint density at radius 3 is 2.38 bits per heavy atom. The van der Waals surface area contributed by atoms with E-state index >= 15 is 0 Å². The van der Waals surface area contributed by atoms with E-state index in [0.717, 1.165) is 0 Å². The molecular formula is C5H11N3. The topological polar surface area (TPSA) is 50.1 Å². The third-order valence-electron chi connectivity index (χ3n) is 1.20. The highest BCUT2D eigenvalue weighted by molar-refractivity contribution is 5.00. The standard InChI is InChI=1S/C5H11N3/c1-2-3-4-5(6)8-7-4/h2-5,7-8H,6H2,1H3/b3-2+/t4?,5-/m1/s1. The zero-order valence-electron chi connectivity index (χ0n) is 4.89. The first kappa shape index (κ1) is 5.75. The van der Waals surface area contributed by atoms with Crippen molar-refractivity contribution in [2.45, 2.75) is 19.1 Å². The van der Waals surface area contributed by atoms with Crippen LogP contribution in [0.4, 0.5) is 0 Å². The van der Waals surface area contributed by atoms with Crippen LogP contribution in [-0.4, -0.2) is 12.2 Å². The van der Waals surface area contributed by atoms with Crippen molar-refractivity contribution in [3.63, 3.8) is 0 Å². The first-order chi connectivity index (χ1) is 3.84. The fourth-order valence-electron chi connectivity index (χ4n) is 0.651. The molecule has 0 aromatic rings. The number of allylic oxidation sites excluding steroid dienone is 1. The third kappa shape index (κ3) is 0.888. The molecule has 1 aliphatic heterocycles. The van der Waals surface area contributed by atoms with Gasteiger partial charge in [-0.3, -0.25) is 0 Å². The predicted octanol–water partition coefficient (Wildman–Crippen LogP) is -0.676. The summed E-state index contributed by atoms with van der Waals surface area (Å²) in [6.45, 7) is 1.98. The number of nitrogens with one attached hydrogen (secondary N) is 2. The van der Waals surface area contributed by atoms with Gasteiger partial charge in [-0.2, -0.15) is 0 Å². The number of nitrogens with two attached hydrogens (primary N) is 1. The maximum Gasteiger partial charge on any atom is 0.0884 e. The molecule has 3 heteroatoms. The van der Waals surface area contributed by atoms with Crippen LogP contribution in [0.3, 0.4) is 0 Å². The number of hydrogen-bond acceptors (Lipinski definition) is 3. The Morgan fingerprint density at radius 1 is 1.50 bits per heavy atom. The van der Waals surface area contributed by atoms with Crippen LogP contribution < -0.4 is 16.6 Å². The van der Waals surface area contributed by atoms with Crippen LogP contribution in [0.2, 0.25) is 0 Å². The SMILES string of the molecule is C/C=C/C1NN[C@H]1N. The van der Waals surface area contributed by atoms with Gasteiger partial charge < -0.3 is 5.73 Å². The van der Waals surface area contributed by atoms with Gasteiger partial charge in [0.1, 0.15) is 0 Å². The summed E-state index contributed by atoms with van der Waals surface area (Å²) < 4.78 is 0. The summed E-state index contributed by atoms with van der Waals surface area (Å²) >= 11 is 0. The zero-order chi connectivity index (χ0) is 5.98. The van der Waals surface area contributed by atoms with E-state index in [1.165, 1.54) is 0 Å². The molecule has 1 heterocycles. The van der Waals surface area contributed by atoms with Crippen LogP contribution in [0.1, 0.15) is 6.92 Å². The number of rotatable bonds is 1. The Balaban J connectivity index is 2.27. The predicted molar refractivity (Wildman–Crippen MR) is 32.8 cm³/mol. The highest BCUT2D eigenvalue weighted by Crippen LogP contribution is 1.95. The van der Waals surface area contributed by atoms with Crippen LogP contribution >= 0.6 is 0 Å². The molecule has 8 heavy (non-hydrogen) atoms. The van der Waals surface area contributed by atoms with Gasteiger partial charge in [-0.05, 0) is 6.92 Å². The molecule has 4 N–H and O–H groups in total.